The number of piperidine rings is 1. The Kier molecular flexibility index (Phi) is 5.44. The van der Waals surface area contributed by atoms with E-state index in [0.717, 1.165) is 44.5 Å². The molecule has 1 saturated heterocycles. The normalized spacial score (nSPS) is 20.1. The monoisotopic (exact) mass is 330 g/mol. The van der Waals surface area contributed by atoms with E-state index in [4.69, 9.17) is 0 Å². The molecule has 0 bridgehead atoms. The summed E-state index contributed by atoms with van der Waals surface area (Å²) in [6.07, 6.45) is 10.3. The average molecular weight is 330 g/mol. The number of anilines is 1. The summed E-state index contributed by atoms with van der Waals surface area (Å²) in [5.74, 6) is 0.440. The van der Waals surface area contributed by atoms with Crippen LogP contribution in [0.5, 0.6) is 0 Å². The second kappa shape index (κ2) is 7.54. The molecular formula is C19H26N2OS. The Labute approximate surface area is 143 Å². The highest BCUT2D eigenvalue weighted by atomic mass is 32.2. The fourth-order valence-electron chi connectivity index (χ4n) is 3.55. The van der Waals surface area contributed by atoms with Crippen LogP contribution in [-0.2, 0) is 4.79 Å². The van der Waals surface area contributed by atoms with Gasteiger partial charge in [0.1, 0.15) is 0 Å². The molecule has 1 aliphatic carbocycles. The van der Waals surface area contributed by atoms with Crippen molar-refractivity contribution in [3.8, 4) is 0 Å². The van der Waals surface area contributed by atoms with Crippen molar-refractivity contribution in [3.63, 3.8) is 0 Å². The predicted molar refractivity (Wildman–Crippen MR) is 98.1 cm³/mol. The van der Waals surface area contributed by atoms with Gasteiger partial charge >= 0.3 is 0 Å². The van der Waals surface area contributed by atoms with Gasteiger partial charge in [0.2, 0.25) is 5.91 Å². The Hall–Kier alpha value is -1.26. The van der Waals surface area contributed by atoms with E-state index < -0.39 is 0 Å². The van der Waals surface area contributed by atoms with Crippen LogP contribution in [0.4, 0.5) is 5.69 Å². The van der Waals surface area contributed by atoms with Crippen LogP contribution in [0, 0.1) is 5.92 Å². The molecular weight excluding hydrogens is 304 g/mol. The first-order valence-electron chi connectivity index (χ1n) is 8.49. The molecule has 0 spiro atoms. The minimum Gasteiger partial charge on any atom is -0.309 e. The number of likely N-dealkylation sites (tertiary alicyclic amines) is 1. The fraction of sp³-hybridized carbons (Fsp3) is 0.526. The molecule has 1 aromatic carbocycles. The van der Waals surface area contributed by atoms with Gasteiger partial charge in [0.25, 0.3) is 0 Å². The minimum absolute atomic E-state index is 0.132. The van der Waals surface area contributed by atoms with E-state index in [2.05, 4.69) is 59.5 Å². The Bertz CT molecular complexity index is 570. The van der Waals surface area contributed by atoms with Crippen molar-refractivity contribution in [2.24, 2.45) is 5.92 Å². The molecule has 0 unspecified atom stereocenters. The lowest BCUT2D eigenvalue weighted by atomic mass is 9.98. The average Bonchev–Trinajstić information content (AvgIpc) is 3.11. The van der Waals surface area contributed by atoms with Gasteiger partial charge in [-0.05, 0) is 70.3 Å². The number of thioether (sulfide) groups is 1. The third-order valence-electron chi connectivity index (χ3n) is 4.98. The minimum atomic E-state index is 0.132. The van der Waals surface area contributed by atoms with E-state index in [1.807, 2.05) is 0 Å². The van der Waals surface area contributed by atoms with Gasteiger partial charge < -0.3 is 9.80 Å². The second-order valence-electron chi connectivity index (χ2n) is 6.58. The van der Waals surface area contributed by atoms with E-state index in [0.29, 0.717) is 11.9 Å². The summed E-state index contributed by atoms with van der Waals surface area (Å²) in [4.78, 5) is 18.9. The van der Waals surface area contributed by atoms with Gasteiger partial charge in [-0.1, -0.05) is 18.2 Å². The van der Waals surface area contributed by atoms with E-state index in [9.17, 15) is 4.79 Å². The van der Waals surface area contributed by atoms with Crippen LogP contribution in [0.1, 0.15) is 25.7 Å². The SMILES string of the molecule is CSc1cccc(N(C(=O)C2CC=CC2)C2CCN(C)CC2)c1. The lowest BCUT2D eigenvalue weighted by molar-refractivity contribution is -0.122. The number of carbonyl (C=O) groups excluding carboxylic acids is 1. The molecule has 3 nitrogen and oxygen atoms in total. The molecule has 124 valence electrons. The van der Waals surface area contributed by atoms with Crippen molar-refractivity contribution in [1.82, 2.24) is 4.90 Å². The van der Waals surface area contributed by atoms with Gasteiger partial charge in [-0.2, -0.15) is 0 Å². The summed E-state index contributed by atoms with van der Waals surface area (Å²) in [5, 5.41) is 0. The number of nitrogens with zero attached hydrogens (tertiary/aromatic N) is 2. The quantitative estimate of drug-likeness (QED) is 0.620. The molecule has 1 aliphatic heterocycles. The largest absolute Gasteiger partial charge is 0.309 e. The second-order valence-corrected chi connectivity index (χ2v) is 7.46. The Morgan fingerprint density at radius 1 is 1.22 bits per heavy atom. The summed E-state index contributed by atoms with van der Waals surface area (Å²) in [6, 6.07) is 8.78. The zero-order valence-corrected chi connectivity index (χ0v) is 14.9. The van der Waals surface area contributed by atoms with Gasteiger partial charge in [0.15, 0.2) is 0 Å². The molecule has 4 heteroatoms. The smallest absolute Gasteiger partial charge is 0.230 e. The Morgan fingerprint density at radius 2 is 1.91 bits per heavy atom. The first-order chi connectivity index (χ1) is 11.2. The molecule has 0 aromatic heterocycles. The predicted octanol–water partition coefficient (Wildman–Crippen LogP) is 3.80. The molecule has 0 saturated carbocycles. The third kappa shape index (κ3) is 3.81. The number of allylic oxidation sites excluding steroid dienone is 2. The molecule has 2 aliphatic rings. The highest BCUT2D eigenvalue weighted by Crippen LogP contribution is 2.31. The maximum atomic E-state index is 13.2. The molecule has 1 heterocycles. The highest BCUT2D eigenvalue weighted by molar-refractivity contribution is 7.98. The summed E-state index contributed by atoms with van der Waals surface area (Å²) in [5.41, 5.74) is 1.07. The van der Waals surface area contributed by atoms with Crippen LogP contribution in [0.3, 0.4) is 0 Å². The first-order valence-corrected chi connectivity index (χ1v) is 9.72. The molecule has 23 heavy (non-hydrogen) atoms. The van der Waals surface area contributed by atoms with Crippen molar-refractivity contribution in [2.45, 2.75) is 36.6 Å². The first kappa shape index (κ1) is 16.6. The zero-order chi connectivity index (χ0) is 16.2. The van der Waals surface area contributed by atoms with E-state index in [-0.39, 0.29) is 5.92 Å². The topological polar surface area (TPSA) is 23.6 Å². The van der Waals surface area contributed by atoms with Gasteiger partial charge in [0.05, 0.1) is 0 Å². The lowest BCUT2D eigenvalue weighted by Gasteiger charge is -2.38. The number of carbonyl (C=O) groups is 1. The Morgan fingerprint density at radius 3 is 2.57 bits per heavy atom. The highest BCUT2D eigenvalue weighted by Gasteiger charge is 2.32. The maximum Gasteiger partial charge on any atom is 0.230 e. The lowest BCUT2D eigenvalue weighted by Crippen LogP contribution is -2.48. The third-order valence-corrected chi connectivity index (χ3v) is 5.70. The van der Waals surface area contributed by atoms with Crippen LogP contribution >= 0.6 is 11.8 Å². The summed E-state index contributed by atoms with van der Waals surface area (Å²) in [6.45, 7) is 2.14. The van der Waals surface area contributed by atoms with Crippen LogP contribution in [0.25, 0.3) is 0 Å². The van der Waals surface area contributed by atoms with E-state index in [1.165, 1.54) is 4.90 Å². The molecule has 0 N–H and O–H groups in total. The van der Waals surface area contributed by atoms with Crippen molar-refractivity contribution in [1.29, 1.82) is 0 Å². The standard InChI is InChI=1S/C19H26N2OS/c1-20-12-10-16(11-13-20)21(19(22)15-6-3-4-7-15)17-8-5-9-18(14-17)23-2/h3-5,8-9,14-16H,6-7,10-13H2,1-2H3. The molecule has 1 fully saturated rings. The number of hydrogen-bond donors (Lipinski definition) is 0. The van der Waals surface area contributed by atoms with Crippen LogP contribution in [0.15, 0.2) is 41.3 Å². The summed E-state index contributed by atoms with van der Waals surface area (Å²) < 4.78 is 0. The molecule has 0 radical (unpaired) electrons. The van der Waals surface area contributed by atoms with Crippen LogP contribution < -0.4 is 4.90 Å². The van der Waals surface area contributed by atoms with E-state index >= 15 is 0 Å². The van der Waals surface area contributed by atoms with Gasteiger partial charge in [-0.25, -0.2) is 0 Å². The van der Waals surface area contributed by atoms with Crippen molar-refractivity contribution in [3.05, 3.63) is 36.4 Å². The summed E-state index contributed by atoms with van der Waals surface area (Å²) >= 11 is 1.73. The zero-order valence-electron chi connectivity index (χ0n) is 14.1. The fourth-order valence-corrected chi connectivity index (χ4v) is 4.00. The number of rotatable bonds is 4. The molecule has 3 rings (SSSR count). The van der Waals surface area contributed by atoms with Crippen molar-refractivity contribution < 1.29 is 4.79 Å². The maximum absolute atomic E-state index is 13.2. The molecule has 1 amide bonds. The van der Waals surface area contributed by atoms with E-state index in [1.54, 1.807) is 11.8 Å². The van der Waals surface area contributed by atoms with Crippen LogP contribution in [-0.4, -0.2) is 43.2 Å². The van der Waals surface area contributed by atoms with Gasteiger partial charge in [-0.15, -0.1) is 11.8 Å². The van der Waals surface area contributed by atoms with Gasteiger partial charge in [-0.3, -0.25) is 4.79 Å². The number of hydrogen-bond acceptors (Lipinski definition) is 3. The Balaban J connectivity index is 1.87. The van der Waals surface area contributed by atoms with Crippen molar-refractivity contribution >= 4 is 23.4 Å². The van der Waals surface area contributed by atoms with Gasteiger partial charge in [0, 0.05) is 22.5 Å². The number of benzene rings is 1. The number of amides is 1. The van der Waals surface area contributed by atoms with Crippen LogP contribution in [0.2, 0.25) is 0 Å². The van der Waals surface area contributed by atoms with Crippen molar-refractivity contribution in [2.75, 3.05) is 31.3 Å². The summed E-state index contributed by atoms with van der Waals surface area (Å²) in [7, 11) is 2.16. The molecule has 1 aromatic rings. The molecule has 0 atom stereocenters.